The van der Waals surface area contributed by atoms with Crippen LogP contribution < -0.4 is 0 Å². The van der Waals surface area contributed by atoms with Crippen LogP contribution in [0, 0.1) is 0 Å². The van der Waals surface area contributed by atoms with Crippen LogP contribution in [-0.4, -0.2) is 36.4 Å². The van der Waals surface area contributed by atoms with Gasteiger partial charge >= 0.3 is 11.9 Å². The third-order valence-corrected chi connectivity index (χ3v) is 11.9. The van der Waals surface area contributed by atoms with Crippen LogP contribution in [0.2, 0.25) is 0 Å². The summed E-state index contributed by atoms with van der Waals surface area (Å²) in [6.07, 6.45) is 88.4. The fourth-order valence-corrected chi connectivity index (χ4v) is 7.64. The zero-order chi connectivity index (χ0) is 50.6. The third-order valence-electron chi connectivity index (χ3n) is 11.9. The molecule has 0 aliphatic heterocycles. The van der Waals surface area contributed by atoms with E-state index in [0.717, 1.165) is 116 Å². The number of esters is 2. The van der Waals surface area contributed by atoms with E-state index in [0.29, 0.717) is 12.8 Å². The highest BCUT2D eigenvalue weighted by Crippen LogP contribution is 2.14. The van der Waals surface area contributed by atoms with Crippen molar-refractivity contribution in [2.24, 2.45) is 0 Å². The fraction of sp³-hybridized carbons (Fsp3) is 0.631. The first-order valence-corrected chi connectivity index (χ1v) is 28.7. The maximum absolute atomic E-state index is 12.3. The molecule has 0 radical (unpaired) electrons. The van der Waals surface area contributed by atoms with Crippen LogP contribution in [-0.2, 0) is 19.1 Å². The van der Waals surface area contributed by atoms with Crippen molar-refractivity contribution in [3.63, 3.8) is 0 Å². The largest absolute Gasteiger partial charge is 0.462 e. The topological polar surface area (TPSA) is 72.8 Å². The van der Waals surface area contributed by atoms with Crippen LogP contribution >= 0.6 is 0 Å². The van der Waals surface area contributed by atoms with Crippen LogP contribution in [0.5, 0.6) is 0 Å². The number of aliphatic hydroxyl groups excluding tert-OH is 1. The number of carbonyl (C=O) groups is 2. The Labute approximate surface area is 432 Å². The Morgan fingerprint density at radius 3 is 0.943 bits per heavy atom. The highest BCUT2D eigenvalue weighted by atomic mass is 16.6. The van der Waals surface area contributed by atoms with Gasteiger partial charge in [0.15, 0.2) is 6.10 Å². The number of aliphatic hydroxyl groups is 1. The highest BCUT2D eigenvalue weighted by molar-refractivity contribution is 5.70. The summed E-state index contributed by atoms with van der Waals surface area (Å²) in [6, 6.07) is 0. The SMILES string of the molecule is CC/C=C\C/C=C\C/C=C\C/C=C\C/C=C\C/C=C\C/C=C\C/C=C\C/C=C\C/C=C\CCCCCCC(=O)OC(CO)COC(=O)CCCCCCCCCCC/C=C\CCCCCCCCCC. The summed E-state index contributed by atoms with van der Waals surface area (Å²) in [7, 11) is 0. The van der Waals surface area contributed by atoms with Gasteiger partial charge in [0.25, 0.3) is 0 Å². The third kappa shape index (κ3) is 56.6. The molecule has 0 heterocycles. The minimum absolute atomic E-state index is 0.0845. The average Bonchev–Trinajstić information content (AvgIpc) is 3.36. The van der Waals surface area contributed by atoms with Crippen molar-refractivity contribution in [3.8, 4) is 0 Å². The summed E-state index contributed by atoms with van der Waals surface area (Å²) in [4.78, 5) is 24.5. The number of ether oxygens (including phenoxy) is 2. The van der Waals surface area contributed by atoms with E-state index in [1.807, 2.05) is 0 Å². The number of allylic oxidation sites excluding steroid dienone is 22. The zero-order valence-electron chi connectivity index (χ0n) is 45.2. The number of carbonyl (C=O) groups excluding carboxylic acids is 2. The maximum atomic E-state index is 12.3. The Hall–Kier alpha value is -3.96. The van der Waals surface area contributed by atoms with Gasteiger partial charge in [-0.3, -0.25) is 9.59 Å². The second-order valence-corrected chi connectivity index (χ2v) is 18.6. The van der Waals surface area contributed by atoms with Crippen LogP contribution in [0.25, 0.3) is 0 Å². The van der Waals surface area contributed by atoms with Gasteiger partial charge in [0.1, 0.15) is 6.61 Å². The average molecular weight is 968 g/mol. The number of rotatable bonds is 51. The van der Waals surface area contributed by atoms with Crippen molar-refractivity contribution in [1.29, 1.82) is 0 Å². The first-order chi connectivity index (χ1) is 34.6. The van der Waals surface area contributed by atoms with Crippen molar-refractivity contribution < 1.29 is 24.2 Å². The first-order valence-electron chi connectivity index (χ1n) is 28.7. The molecule has 0 rings (SSSR count). The van der Waals surface area contributed by atoms with Crippen molar-refractivity contribution in [3.05, 3.63) is 134 Å². The van der Waals surface area contributed by atoms with Crippen LogP contribution in [0.1, 0.15) is 245 Å². The molecule has 0 fully saturated rings. The second kappa shape index (κ2) is 59.3. The maximum Gasteiger partial charge on any atom is 0.306 e. The molecule has 5 nitrogen and oxygen atoms in total. The highest BCUT2D eigenvalue weighted by Gasteiger charge is 2.16. The lowest BCUT2D eigenvalue weighted by Crippen LogP contribution is -2.28. The van der Waals surface area contributed by atoms with Gasteiger partial charge in [-0.05, 0) is 116 Å². The lowest BCUT2D eigenvalue weighted by Gasteiger charge is -2.15. The molecule has 396 valence electrons. The Morgan fingerprint density at radius 2 is 0.614 bits per heavy atom. The molecule has 1 N–H and O–H groups in total. The van der Waals surface area contributed by atoms with Crippen LogP contribution in [0.15, 0.2) is 134 Å². The predicted molar refractivity (Wildman–Crippen MR) is 306 cm³/mol. The lowest BCUT2D eigenvalue weighted by molar-refractivity contribution is -0.161. The van der Waals surface area contributed by atoms with Crippen LogP contribution in [0.3, 0.4) is 0 Å². The molecular formula is C65H106O5. The molecule has 0 spiro atoms. The monoisotopic (exact) mass is 967 g/mol. The summed E-state index contributed by atoms with van der Waals surface area (Å²) >= 11 is 0. The van der Waals surface area contributed by atoms with Gasteiger partial charge in [0.2, 0.25) is 0 Å². The summed E-state index contributed by atoms with van der Waals surface area (Å²) in [5.41, 5.74) is 0. The summed E-state index contributed by atoms with van der Waals surface area (Å²) in [5.74, 6) is -0.627. The zero-order valence-corrected chi connectivity index (χ0v) is 45.2. The summed E-state index contributed by atoms with van der Waals surface area (Å²) in [6.45, 7) is 4.01. The number of unbranched alkanes of at least 4 members (excludes halogenated alkanes) is 21. The molecule has 0 amide bonds. The minimum Gasteiger partial charge on any atom is -0.462 e. The normalized spacial score (nSPS) is 13.2. The van der Waals surface area contributed by atoms with E-state index < -0.39 is 6.10 Å². The minimum atomic E-state index is -0.797. The quantitative estimate of drug-likeness (QED) is 0.0374. The standard InChI is InChI=1S/C65H106O5/c1-3-5-7-9-11-13-15-17-19-21-23-25-26-27-28-29-30-31-32-33-34-35-36-37-38-40-42-44-46-48-50-52-54-56-58-60-65(68)70-63(61-66)62-69-64(67)59-57-55-53-51-49-47-45-43-41-39-24-22-20-18-16-14-12-10-8-6-4-2/h5,7,11,13,17,19,22-25,27-28,30-31,33-34,36-37,40,42,46,48,63,66H,3-4,6,8-10,12,14-16,18,20-21,26,29,32,35,38-39,41,43-45,47,49-62H2,1-2H3/b7-5-,13-11-,19-17-,24-22-,25-23-,28-27-,31-30-,34-33-,37-36-,42-40-,48-46-. The molecule has 1 unspecified atom stereocenters. The van der Waals surface area contributed by atoms with Gasteiger partial charge in [-0.2, -0.15) is 0 Å². The molecule has 0 saturated carbocycles. The van der Waals surface area contributed by atoms with E-state index in [2.05, 4.69) is 148 Å². The number of hydrogen-bond donors (Lipinski definition) is 1. The van der Waals surface area contributed by atoms with Crippen molar-refractivity contribution >= 4 is 11.9 Å². The Morgan fingerprint density at radius 1 is 0.343 bits per heavy atom. The molecule has 0 bridgehead atoms. The van der Waals surface area contributed by atoms with Gasteiger partial charge in [-0.15, -0.1) is 0 Å². The molecule has 0 aromatic rings. The molecule has 1 atom stereocenters. The molecule has 0 aliphatic rings. The first kappa shape index (κ1) is 66.0. The molecule has 5 heteroatoms. The van der Waals surface area contributed by atoms with Crippen molar-refractivity contribution in [2.75, 3.05) is 13.2 Å². The van der Waals surface area contributed by atoms with Crippen molar-refractivity contribution in [2.45, 2.75) is 251 Å². The lowest BCUT2D eigenvalue weighted by atomic mass is 10.1. The molecule has 0 aliphatic carbocycles. The van der Waals surface area contributed by atoms with E-state index in [9.17, 15) is 14.7 Å². The molecule has 0 aromatic carbocycles. The van der Waals surface area contributed by atoms with E-state index in [4.69, 9.17) is 9.47 Å². The van der Waals surface area contributed by atoms with Crippen LogP contribution in [0.4, 0.5) is 0 Å². The molecule has 0 aromatic heterocycles. The predicted octanol–water partition coefficient (Wildman–Crippen LogP) is 19.6. The van der Waals surface area contributed by atoms with E-state index in [-0.39, 0.29) is 25.2 Å². The Kier molecular flexibility index (Phi) is 56.0. The van der Waals surface area contributed by atoms with E-state index >= 15 is 0 Å². The van der Waals surface area contributed by atoms with Gasteiger partial charge in [0.05, 0.1) is 6.61 Å². The summed E-state index contributed by atoms with van der Waals surface area (Å²) < 4.78 is 10.7. The summed E-state index contributed by atoms with van der Waals surface area (Å²) in [5, 5.41) is 9.65. The van der Waals surface area contributed by atoms with E-state index in [1.165, 1.54) is 103 Å². The van der Waals surface area contributed by atoms with Crippen molar-refractivity contribution in [1.82, 2.24) is 0 Å². The van der Waals surface area contributed by atoms with Gasteiger partial charge in [-0.1, -0.05) is 250 Å². The van der Waals surface area contributed by atoms with E-state index in [1.54, 1.807) is 0 Å². The molecule has 0 saturated heterocycles. The van der Waals surface area contributed by atoms with Gasteiger partial charge < -0.3 is 14.6 Å². The smallest absolute Gasteiger partial charge is 0.306 e. The van der Waals surface area contributed by atoms with Gasteiger partial charge in [-0.25, -0.2) is 0 Å². The second-order valence-electron chi connectivity index (χ2n) is 18.6. The molecular weight excluding hydrogens is 861 g/mol. The van der Waals surface area contributed by atoms with Gasteiger partial charge in [0, 0.05) is 12.8 Å². The number of hydrogen-bond acceptors (Lipinski definition) is 5. The Bertz CT molecular complexity index is 1470. The molecule has 70 heavy (non-hydrogen) atoms. The fourth-order valence-electron chi connectivity index (χ4n) is 7.64. The Balaban J connectivity index is 3.64.